The molecule has 2 aromatic carbocycles. The molecule has 1 aromatic heterocycles. The SMILES string of the molecule is CN=C(NCCc1cccc2cccnc12)N(C)Cc1ccc(OC(F)F)cc1. The van der Waals surface area contributed by atoms with Gasteiger partial charge in [0.1, 0.15) is 5.75 Å². The maximum absolute atomic E-state index is 12.3. The summed E-state index contributed by atoms with van der Waals surface area (Å²) < 4.78 is 28.9. The highest BCUT2D eigenvalue weighted by atomic mass is 19.3. The third-order valence-electron chi connectivity index (χ3n) is 4.54. The van der Waals surface area contributed by atoms with Gasteiger partial charge < -0.3 is 15.0 Å². The first-order chi connectivity index (χ1) is 14.1. The molecule has 0 aliphatic heterocycles. The van der Waals surface area contributed by atoms with E-state index < -0.39 is 6.61 Å². The van der Waals surface area contributed by atoms with Gasteiger partial charge in [-0.3, -0.25) is 9.98 Å². The Morgan fingerprint density at radius 3 is 2.62 bits per heavy atom. The Bertz CT molecular complexity index is 955. The third-order valence-corrected chi connectivity index (χ3v) is 4.54. The second kappa shape index (κ2) is 9.82. The Morgan fingerprint density at radius 2 is 1.90 bits per heavy atom. The van der Waals surface area contributed by atoms with Crippen LogP contribution in [0.25, 0.3) is 10.9 Å². The summed E-state index contributed by atoms with van der Waals surface area (Å²) in [5.41, 5.74) is 3.17. The number of hydrogen-bond donors (Lipinski definition) is 1. The Kier molecular flexibility index (Phi) is 6.94. The van der Waals surface area contributed by atoms with Crippen LogP contribution in [-0.2, 0) is 13.0 Å². The number of alkyl halides is 2. The fraction of sp³-hybridized carbons (Fsp3) is 0.273. The summed E-state index contributed by atoms with van der Waals surface area (Å²) in [6.07, 6.45) is 2.63. The van der Waals surface area contributed by atoms with Gasteiger partial charge >= 0.3 is 6.61 Å². The summed E-state index contributed by atoms with van der Waals surface area (Å²) in [5.74, 6) is 0.906. The molecule has 0 fully saturated rings. The molecule has 0 atom stereocenters. The lowest BCUT2D eigenvalue weighted by molar-refractivity contribution is -0.0498. The monoisotopic (exact) mass is 398 g/mol. The van der Waals surface area contributed by atoms with Gasteiger partial charge in [0.15, 0.2) is 5.96 Å². The van der Waals surface area contributed by atoms with E-state index >= 15 is 0 Å². The highest BCUT2D eigenvalue weighted by Gasteiger charge is 2.09. The quantitative estimate of drug-likeness (QED) is 0.481. The molecule has 3 aromatic rings. The summed E-state index contributed by atoms with van der Waals surface area (Å²) >= 11 is 0. The maximum atomic E-state index is 12.3. The second-order valence-corrected chi connectivity index (χ2v) is 6.59. The molecule has 0 aliphatic carbocycles. The molecule has 0 radical (unpaired) electrons. The molecule has 1 N–H and O–H groups in total. The van der Waals surface area contributed by atoms with Gasteiger partial charge in [-0.25, -0.2) is 0 Å². The molecule has 0 unspecified atom stereocenters. The molecule has 7 heteroatoms. The van der Waals surface area contributed by atoms with Crippen LogP contribution in [0.5, 0.6) is 5.75 Å². The van der Waals surface area contributed by atoms with Crippen LogP contribution in [0, 0.1) is 0 Å². The average molecular weight is 398 g/mol. The predicted octanol–water partition coefficient (Wildman–Crippen LogP) is 4.09. The summed E-state index contributed by atoms with van der Waals surface area (Å²) in [7, 11) is 3.66. The van der Waals surface area contributed by atoms with Gasteiger partial charge in [0.05, 0.1) is 5.52 Å². The van der Waals surface area contributed by atoms with E-state index in [-0.39, 0.29) is 5.75 Å². The first kappa shape index (κ1) is 20.5. The number of para-hydroxylation sites is 1. The van der Waals surface area contributed by atoms with E-state index in [1.54, 1.807) is 31.3 Å². The molecule has 5 nitrogen and oxygen atoms in total. The van der Waals surface area contributed by atoms with E-state index in [9.17, 15) is 8.78 Å². The Hall–Kier alpha value is -3.22. The van der Waals surface area contributed by atoms with Gasteiger partial charge in [0.25, 0.3) is 0 Å². The number of pyridine rings is 1. The largest absolute Gasteiger partial charge is 0.435 e. The summed E-state index contributed by atoms with van der Waals surface area (Å²) in [5, 5.41) is 4.49. The lowest BCUT2D eigenvalue weighted by Crippen LogP contribution is -2.39. The van der Waals surface area contributed by atoms with Crippen molar-refractivity contribution in [1.29, 1.82) is 0 Å². The van der Waals surface area contributed by atoms with Crippen LogP contribution in [0.2, 0.25) is 0 Å². The number of guanidine groups is 1. The highest BCUT2D eigenvalue weighted by molar-refractivity contribution is 5.82. The van der Waals surface area contributed by atoms with Crippen molar-refractivity contribution in [1.82, 2.24) is 15.2 Å². The number of halogens is 2. The Morgan fingerprint density at radius 1 is 1.14 bits per heavy atom. The van der Waals surface area contributed by atoms with Crippen LogP contribution < -0.4 is 10.1 Å². The molecule has 3 rings (SSSR count). The first-order valence-corrected chi connectivity index (χ1v) is 9.35. The zero-order chi connectivity index (χ0) is 20.6. The molecule has 29 heavy (non-hydrogen) atoms. The number of benzene rings is 2. The summed E-state index contributed by atoms with van der Waals surface area (Å²) in [6, 6.07) is 16.8. The molecule has 0 saturated heterocycles. The van der Waals surface area contributed by atoms with Crippen molar-refractivity contribution in [2.24, 2.45) is 4.99 Å². The Balaban J connectivity index is 1.55. The molecule has 0 amide bonds. The van der Waals surface area contributed by atoms with E-state index in [4.69, 9.17) is 0 Å². The molecule has 0 saturated carbocycles. The number of rotatable bonds is 7. The number of aromatic nitrogens is 1. The van der Waals surface area contributed by atoms with E-state index in [0.29, 0.717) is 13.1 Å². The second-order valence-electron chi connectivity index (χ2n) is 6.59. The number of fused-ring (bicyclic) bond motifs is 1. The van der Waals surface area contributed by atoms with Gasteiger partial charge in [0, 0.05) is 38.8 Å². The van der Waals surface area contributed by atoms with Crippen LogP contribution >= 0.6 is 0 Å². The minimum Gasteiger partial charge on any atom is -0.435 e. The smallest absolute Gasteiger partial charge is 0.387 e. The van der Waals surface area contributed by atoms with Crippen molar-refractivity contribution in [3.63, 3.8) is 0 Å². The predicted molar refractivity (Wildman–Crippen MR) is 111 cm³/mol. The number of aliphatic imine (C=N–C) groups is 1. The van der Waals surface area contributed by atoms with E-state index in [1.165, 1.54) is 5.56 Å². The molecule has 0 bridgehead atoms. The van der Waals surface area contributed by atoms with E-state index in [1.807, 2.05) is 30.3 Å². The van der Waals surface area contributed by atoms with Crippen molar-refractivity contribution < 1.29 is 13.5 Å². The maximum Gasteiger partial charge on any atom is 0.387 e. The van der Waals surface area contributed by atoms with Gasteiger partial charge in [-0.05, 0) is 35.7 Å². The number of ether oxygens (including phenoxy) is 1. The van der Waals surface area contributed by atoms with Crippen molar-refractivity contribution in [2.45, 2.75) is 19.6 Å². The van der Waals surface area contributed by atoms with Gasteiger partial charge in [-0.1, -0.05) is 36.4 Å². The molecule has 0 spiro atoms. The summed E-state index contributed by atoms with van der Waals surface area (Å²) in [4.78, 5) is 10.8. The lowest BCUT2D eigenvalue weighted by Gasteiger charge is -2.22. The fourth-order valence-electron chi connectivity index (χ4n) is 3.19. The van der Waals surface area contributed by atoms with Crippen LogP contribution in [-0.4, -0.2) is 43.1 Å². The lowest BCUT2D eigenvalue weighted by atomic mass is 10.1. The highest BCUT2D eigenvalue weighted by Crippen LogP contribution is 2.17. The van der Waals surface area contributed by atoms with Gasteiger partial charge in [-0.2, -0.15) is 8.78 Å². The first-order valence-electron chi connectivity index (χ1n) is 9.35. The molecular weight excluding hydrogens is 374 g/mol. The zero-order valence-electron chi connectivity index (χ0n) is 16.5. The molecule has 0 aliphatic rings. The normalized spacial score (nSPS) is 11.7. The minimum absolute atomic E-state index is 0.151. The van der Waals surface area contributed by atoms with Crippen molar-refractivity contribution in [3.8, 4) is 5.75 Å². The number of nitrogens with one attached hydrogen (secondary N) is 1. The van der Waals surface area contributed by atoms with E-state index in [2.05, 4.69) is 38.2 Å². The standard InChI is InChI=1S/C22H24F2N4O/c1-25-22(28(2)15-16-8-10-19(11-9-16)29-21(23)24)27-14-12-18-6-3-5-17-7-4-13-26-20(17)18/h3-11,13,21H,12,14-15H2,1-2H3,(H,25,27). The number of hydrogen-bond acceptors (Lipinski definition) is 3. The average Bonchev–Trinajstić information content (AvgIpc) is 2.72. The number of nitrogens with zero attached hydrogens (tertiary/aromatic N) is 3. The van der Waals surface area contributed by atoms with E-state index in [0.717, 1.165) is 28.8 Å². The Labute approximate surface area is 169 Å². The van der Waals surface area contributed by atoms with Crippen molar-refractivity contribution in [3.05, 3.63) is 71.9 Å². The van der Waals surface area contributed by atoms with Gasteiger partial charge in [0.2, 0.25) is 0 Å². The van der Waals surface area contributed by atoms with Crippen LogP contribution in [0.4, 0.5) is 8.78 Å². The van der Waals surface area contributed by atoms with Crippen LogP contribution in [0.3, 0.4) is 0 Å². The molecular formula is C22H24F2N4O. The zero-order valence-corrected chi connectivity index (χ0v) is 16.5. The topological polar surface area (TPSA) is 49.8 Å². The fourth-order valence-corrected chi connectivity index (χ4v) is 3.19. The van der Waals surface area contributed by atoms with Crippen LogP contribution in [0.15, 0.2) is 65.8 Å². The molecule has 1 heterocycles. The van der Waals surface area contributed by atoms with Gasteiger partial charge in [-0.15, -0.1) is 0 Å². The van der Waals surface area contributed by atoms with Crippen molar-refractivity contribution >= 4 is 16.9 Å². The molecule has 152 valence electrons. The minimum atomic E-state index is -2.82. The van der Waals surface area contributed by atoms with Crippen LogP contribution in [0.1, 0.15) is 11.1 Å². The third kappa shape index (κ3) is 5.63. The summed E-state index contributed by atoms with van der Waals surface area (Å²) in [6.45, 7) is -1.51. The van der Waals surface area contributed by atoms with Crippen molar-refractivity contribution in [2.75, 3.05) is 20.6 Å².